The van der Waals surface area contributed by atoms with Crippen molar-refractivity contribution in [3.05, 3.63) is 65.5 Å². The van der Waals surface area contributed by atoms with Crippen LogP contribution in [0.15, 0.2) is 48.5 Å². The third-order valence-corrected chi connectivity index (χ3v) is 6.06. The van der Waals surface area contributed by atoms with Crippen LogP contribution in [0, 0.1) is 5.82 Å². The van der Waals surface area contributed by atoms with E-state index in [1.165, 1.54) is 5.56 Å². The molecule has 4 heteroatoms. The molecule has 0 aromatic heterocycles. The summed E-state index contributed by atoms with van der Waals surface area (Å²) in [5.74, 6) is 0.567. The van der Waals surface area contributed by atoms with Gasteiger partial charge < -0.3 is 10.2 Å². The van der Waals surface area contributed by atoms with Crippen LogP contribution in [0.3, 0.4) is 0 Å². The van der Waals surface area contributed by atoms with Gasteiger partial charge in [-0.15, -0.1) is 0 Å². The molecule has 2 aromatic carbocycles. The lowest BCUT2D eigenvalue weighted by molar-refractivity contribution is -0.117. The average molecular weight is 366 g/mol. The fraction of sp³-hybridized carbons (Fsp3) is 0.435. The smallest absolute Gasteiger partial charge is 0.232 e. The van der Waals surface area contributed by atoms with E-state index in [2.05, 4.69) is 16.3 Å². The van der Waals surface area contributed by atoms with Crippen molar-refractivity contribution < 1.29 is 9.18 Å². The number of hydrogen-bond acceptors (Lipinski definition) is 2. The minimum Gasteiger partial charge on any atom is -0.325 e. The largest absolute Gasteiger partial charge is 0.325 e. The van der Waals surface area contributed by atoms with Gasteiger partial charge in [0.1, 0.15) is 5.82 Å². The summed E-state index contributed by atoms with van der Waals surface area (Å²) >= 11 is 0. The Morgan fingerprint density at radius 2 is 1.74 bits per heavy atom. The van der Waals surface area contributed by atoms with E-state index in [-0.39, 0.29) is 17.6 Å². The number of benzene rings is 2. The van der Waals surface area contributed by atoms with Crippen molar-refractivity contribution >= 4 is 11.6 Å². The fourth-order valence-corrected chi connectivity index (χ4v) is 4.47. The first kappa shape index (κ1) is 18.2. The van der Waals surface area contributed by atoms with Gasteiger partial charge in [-0.05, 0) is 80.6 Å². The van der Waals surface area contributed by atoms with Gasteiger partial charge in [0.2, 0.25) is 5.91 Å². The second kappa shape index (κ2) is 8.22. The number of halogens is 1. The summed E-state index contributed by atoms with van der Waals surface area (Å²) in [4.78, 5) is 14.7. The molecule has 1 amide bonds. The number of piperidine rings is 1. The first-order valence-electron chi connectivity index (χ1n) is 10.1. The highest BCUT2D eigenvalue weighted by atomic mass is 19.1. The Bertz CT molecular complexity index is 781. The maximum absolute atomic E-state index is 13.1. The number of unbranched alkanes of at least 4 members (excludes halogenated alkanes) is 1. The van der Waals surface area contributed by atoms with Crippen LogP contribution in [0.1, 0.15) is 55.1 Å². The maximum atomic E-state index is 13.1. The van der Waals surface area contributed by atoms with Crippen molar-refractivity contribution in [3.8, 4) is 0 Å². The molecule has 2 aliphatic heterocycles. The Kier molecular flexibility index (Phi) is 5.53. The molecule has 0 radical (unpaired) electrons. The minimum absolute atomic E-state index is 0.0189. The third-order valence-electron chi connectivity index (χ3n) is 6.06. The van der Waals surface area contributed by atoms with Gasteiger partial charge in [-0.2, -0.15) is 0 Å². The van der Waals surface area contributed by atoms with E-state index in [0.717, 1.165) is 63.0 Å². The predicted molar refractivity (Wildman–Crippen MR) is 106 cm³/mol. The summed E-state index contributed by atoms with van der Waals surface area (Å²) < 4.78 is 13.1. The Hall–Kier alpha value is -2.20. The molecule has 1 fully saturated rings. The molecule has 27 heavy (non-hydrogen) atoms. The van der Waals surface area contributed by atoms with E-state index in [1.54, 1.807) is 12.1 Å². The lowest BCUT2D eigenvalue weighted by Gasteiger charge is -2.32. The lowest BCUT2D eigenvalue weighted by Crippen LogP contribution is -2.33. The van der Waals surface area contributed by atoms with Gasteiger partial charge >= 0.3 is 0 Å². The Morgan fingerprint density at radius 1 is 1.00 bits per heavy atom. The molecule has 1 atom stereocenters. The minimum atomic E-state index is -0.158. The molecule has 1 unspecified atom stereocenters. The van der Waals surface area contributed by atoms with Gasteiger partial charge in [-0.3, -0.25) is 4.79 Å². The molecule has 2 aliphatic rings. The SMILES string of the molecule is O=C1Nc2ccccc2C1CCCCN1CCC(c2ccc(F)cc2)CC1. The van der Waals surface area contributed by atoms with Crippen molar-refractivity contribution in [2.45, 2.75) is 43.9 Å². The topological polar surface area (TPSA) is 32.3 Å². The van der Waals surface area contributed by atoms with Crippen molar-refractivity contribution in [2.75, 3.05) is 25.0 Å². The summed E-state index contributed by atoms with van der Waals surface area (Å²) in [6.45, 7) is 3.32. The molecule has 2 aromatic rings. The molecule has 0 saturated carbocycles. The van der Waals surface area contributed by atoms with Gasteiger partial charge in [0.05, 0.1) is 5.92 Å². The molecule has 1 saturated heterocycles. The highest BCUT2D eigenvalue weighted by molar-refractivity contribution is 6.02. The molecule has 0 bridgehead atoms. The van der Waals surface area contributed by atoms with Gasteiger partial charge in [0.25, 0.3) is 0 Å². The number of hydrogen-bond donors (Lipinski definition) is 1. The zero-order valence-electron chi connectivity index (χ0n) is 15.7. The number of nitrogens with one attached hydrogen (secondary N) is 1. The molecule has 2 heterocycles. The van der Waals surface area contributed by atoms with Crippen LogP contribution in [0.4, 0.5) is 10.1 Å². The summed E-state index contributed by atoms with van der Waals surface area (Å²) in [6, 6.07) is 15.0. The number of fused-ring (bicyclic) bond motifs is 1. The van der Waals surface area contributed by atoms with Crippen LogP contribution >= 0.6 is 0 Å². The Balaban J connectivity index is 1.19. The van der Waals surface area contributed by atoms with Crippen molar-refractivity contribution in [3.63, 3.8) is 0 Å². The van der Waals surface area contributed by atoms with Crippen LogP contribution in [0.2, 0.25) is 0 Å². The fourth-order valence-electron chi connectivity index (χ4n) is 4.47. The number of nitrogens with zero attached hydrogens (tertiary/aromatic N) is 1. The Morgan fingerprint density at radius 3 is 2.52 bits per heavy atom. The van der Waals surface area contributed by atoms with Gasteiger partial charge in [-0.25, -0.2) is 4.39 Å². The number of rotatable bonds is 6. The van der Waals surface area contributed by atoms with Crippen LogP contribution < -0.4 is 5.32 Å². The van der Waals surface area contributed by atoms with E-state index in [9.17, 15) is 9.18 Å². The molecule has 3 nitrogen and oxygen atoms in total. The van der Waals surface area contributed by atoms with Crippen LogP contribution in [-0.4, -0.2) is 30.4 Å². The molecule has 1 N–H and O–H groups in total. The molecular formula is C23H27FN2O. The standard InChI is InChI=1S/C23H27FN2O/c24-19-10-8-17(9-11-19)18-12-15-26(16-13-18)14-4-3-6-21-20-5-1-2-7-22(20)25-23(21)27/h1-2,5,7-11,18,21H,3-4,6,12-16H2,(H,25,27). The number of carbonyl (C=O) groups excluding carboxylic acids is 1. The molecular weight excluding hydrogens is 339 g/mol. The van der Waals surface area contributed by atoms with Gasteiger partial charge in [0.15, 0.2) is 0 Å². The van der Waals surface area contributed by atoms with Gasteiger partial charge in [-0.1, -0.05) is 36.8 Å². The molecule has 4 rings (SSSR count). The van der Waals surface area contributed by atoms with Crippen molar-refractivity contribution in [2.24, 2.45) is 0 Å². The molecule has 0 aliphatic carbocycles. The summed E-state index contributed by atoms with van der Waals surface area (Å²) in [7, 11) is 0. The zero-order chi connectivity index (χ0) is 18.6. The maximum Gasteiger partial charge on any atom is 0.232 e. The van der Waals surface area contributed by atoms with Crippen molar-refractivity contribution in [1.82, 2.24) is 4.90 Å². The first-order valence-corrected chi connectivity index (χ1v) is 10.1. The third kappa shape index (κ3) is 4.22. The van der Waals surface area contributed by atoms with E-state index in [1.807, 2.05) is 30.3 Å². The monoisotopic (exact) mass is 366 g/mol. The number of amides is 1. The molecule has 142 valence electrons. The van der Waals surface area contributed by atoms with E-state index >= 15 is 0 Å². The second-order valence-electron chi connectivity index (χ2n) is 7.79. The summed E-state index contributed by atoms with van der Waals surface area (Å²) in [6.07, 6.45) is 5.42. The van der Waals surface area contributed by atoms with E-state index in [0.29, 0.717) is 5.92 Å². The van der Waals surface area contributed by atoms with Crippen molar-refractivity contribution in [1.29, 1.82) is 0 Å². The highest BCUT2D eigenvalue weighted by Gasteiger charge is 2.29. The number of likely N-dealkylation sites (tertiary alicyclic amines) is 1. The zero-order valence-corrected chi connectivity index (χ0v) is 15.7. The Labute approximate surface area is 160 Å². The van der Waals surface area contributed by atoms with Crippen LogP contribution in [0.25, 0.3) is 0 Å². The lowest BCUT2D eigenvalue weighted by atomic mass is 9.89. The second-order valence-corrected chi connectivity index (χ2v) is 7.79. The van der Waals surface area contributed by atoms with Crippen LogP contribution in [0.5, 0.6) is 0 Å². The highest BCUT2D eigenvalue weighted by Crippen LogP contribution is 2.35. The molecule has 0 spiro atoms. The average Bonchev–Trinajstić information content (AvgIpc) is 3.02. The number of carbonyl (C=O) groups is 1. The first-order chi connectivity index (χ1) is 13.2. The number of para-hydroxylation sites is 1. The summed E-state index contributed by atoms with van der Waals surface area (Å²) in [5, 5.41) is 2.99. The van der Waals surface area contributed by atoms with E-state index < -0.39 is 0 Å². The normalized spacial score (nSPS) is 20.5. The summed E-state index contributed by atoms with van der Waals surface area (Å²) in [5.41, 5.74) is 3.40. The quantitative estimate of drug-likeness (QED) is 0.737. The van der Waals surface area contributed by atoms with E-state index in [4.69, 9.17) is 0 Å². The predicted octanol–water partition coefficient (Wildman–Crippen LogP) is 4.91. The van der Waals surface area contributed by atoms with Gasteiger partial charge in [0, 0.05) is 5.69 Å². The van der Waals surface area contributed by atoms with Crippen LogP contribution in [-0.2, 0) is 4.79 Å². The number of anilines is 1.